The van der Waals surface area contributed by atoms with Crippen LogP contribution in [0.15, 0.2) is 30.6 Å². The molecule has 2 amide bonds. The summed E-state index contributed by atoms with van der Waals surface area (Å²) in [7, 11) is 0. The number of urea groups is 1. The molecule has 1 N–H and O–H groups in total. The number of carbonyl (C=O) groups is 1. The van der Waals surface area contributed by atoms with Crippen molar-refractivity contribution in [3.63, 3.8) is 0 Å². The Hall–Kier alpha value is -2.69. The van der Waals surface area contributed by atoms with Crippen LogP contribution in [0.1, 0.15) is 12.8 Å². The smallest absolute Gasteiger partial charge is 0.367 e. The van der Waals surface area contributed by atoms with Crippen LogP contribution in [0.25, 0.3) is 5.69 Å². The van der Waals surface area contributed by atoms with E-state index < -0.39 is 18.9 Å². The van der Waals surface area contributed by atoms with E-state index in [2.05, 4.69) is 20.8 Å². The van der Waals surface area contributed by atoms with Crippen molar-refractivity contribution in [2.45, 2.75) is 25.1 Å². The molecule has 3 rings (SSSR count). The fourth-order valence-electron chi connectivity index (χ4n) is 2.65. The van der Waals surface area contributed by atoms with Gasteiger partial charge in [0.2, 0.25) is 0 Å². The Bertz CT molecular complexity index is 720. The molecule has 1 aromatic carbocycles. The molecule has 140 valence electrons. The molecule has 26 heavy (non-hydrogen) atoms. The monoisotopic (exact) mass is 370 g/mol. The van der Waals surface area contributed by atoms with Crippen LogP contribution in [-0.4, -0.2) is 63.1 Å². The highest BCUT2D eigenvalue weighted by Gasteiger charge is 2.31. The molecule has 1 aliphatic heterocycles. The molecule has 0 bridgehead atoms. The zero-order chi connectivity index (χ0) is 18.6. The van der Waals surface area contributed by atoms with E-state index in [4.69, 9.17) is 4.74 Å². The summed E-state index contributed by atoms with van der Waals surface area (Å²) >= 11 is 0. The van der Waals surface area contributed by atoms with Crippen molar-refractivity contribution < 1.29 is 22.7 Å². The number of tetrazole rings is 1. The van der Waals surface area contributed by atoms with Crippen molar-refractivity contribution in [3.05, 3.63) is 30.6 Å². The second kappa shape index (κ2) is 7.68. The first-order valence-corrected chi connectivity index (χ1v) is 7.98. The van der Waals surface area contributed by atoms with E-state index in [1.165, 1.54) is 15.9 Å². The number of halogens is 3. The second-order valence-electron chi connectivity index (χ2n) is 5.87. The minimum Gasteiger partial charge on any atom is -0.367 e. The predicted octanol–water partition coefficient (Wildman–Crippen LogP) is 2.24. The highest BCUT2D eigenvalue weighted by atomic mass is 19.4. The lowest BCUT2D eigenvalue weighted by atomic mass is 10.1. The molecule has 0 spiro atoms. The lowest BCUT2D eigenvalue weighted by molar-refractivity contribution is -0.188. The number of anilines is 1. The fourth-order valence-corrected chi connectivity index (χ4v) is 2.65. The highest BCUT2D eigenvalue weighted by molar-refractivity contribution is 5.89. The van der Waals surface area contributed by atoms with Gasteiger partial charge >= 0.3 is 12.2 Å². The number of rotatable bonds is 4. The van der Waals surface area contributed by atoms with Crippen LogP contribution in [-0.2, 0) is 4.74 Å². The topological polar surface area (TPSA) is 85.2 Å². The number of amides is 2. The molecule has 0 radical (unpaired) electrons. The van der Waals surface area contributed by atoms with E-state index in [-0.39, 0.29) is 12.6 Å². The van der Waals surface area contributed by atoms with Gasteiger partial charge in [-0.05, 0) is 47.5 Å². The zero-order valence-electron chi connectivity index (χ0n) is 13.7. The first-order chi connectivity index (χ1) is 12.4. The Balaban J connectivity index is 1.54. The Morgan fingerprint density at radius 3 is 2.73 bits per heavy atom. The molecule has 8 nitrogen and oxygen atoms in total. The molecule has 1 unspecified atom stereocenters. The summed E-state index contributed by atoms with van der Waals surface area (Å²) in [5.74, 6) is 0. The number of nitrogens with zero attached hydrogens (tertiary/aromatic N) is 5. The van der Waals surface area contributed by atoms with Crippen molar-refractivity contribution in [2.75, 3.05) is 25.0 Å². The van der Waals surface area contributed by atoms with Crippen LogP contribution in [0.3, 0.4) is 0 Å². The largest absolute Gasteiger partial charge is 0.411 e. The number of ether oxygens (including phenoxy) is 1. The van der Waals surface area contributed by atoms with Crippen molar-refractivity contribution in [1.29, 1.82) is 0 Å². The molecular formula is C15H17F3N6O2. The van der Waals surface area contributed by atoms with Gasteiger partial charge in [-0.1, -0.05) is 0 Å². The van der Waals surface area contributed by atoms with Crippen molar-refractivity contribution in [1.82, 2.24) is 25.1 Å². The standard InChI is InChI=1S/C15H17F3N6O2/c16-15(17,18)9-26-13-2-1-7-23(8-13)14(25)20-11-3-5-12(6-4-11)24-10-19-21-22-24/h3-6,10,13H,1-2,7-9H2,(H,20,25). The maximum absolute atomic E-state index is 12.3. The minimum atomic E-state index is -4.37. The first-order valence-electron chi connectivity index (χ1n) is 7.98. The zero-order valence-corrected chi connectivity index (χ0v) is 13.7. The third-order valence-electron chi connectivity index (χ3n) is 3.88. The fraction of sp³-hybridized carbons (Fsp3) is 0.467. The average Bonchev–Trinajstić information content (AvgIpc) is 3.15. The van der Waals surface area contributed by atoms with Gasteiger partial charge in [-0.3, -0.25) is 0 Å². The number of aromatic nitrogens is 4. The summed E-state index contributed by atoms with van der Waals surface area (Å²) in [6.07, 6.45) is -2.44. The molecular weight excluding hydrogens is 353 g/mol. The lowest BCUT2D eigenvalue weighted by Crippen LogP contribution is -2.45. The summed E-state index contributed by atoms with van der Waals surface area (Å²) in [5.41, 5.74) is 1.29. The van der Waals surface area contributed by atoms with E-state index in [0.717, 1.165) is 5.69 Å². The van der Waals surface area contributed by atoms with Gasteiger partial charge < -0.3 is 15.0 Å². The van der Waals surface area contributed by atoms with Gasteiger partial charge in [0, 0.05) is 18.8 Å². The highest BCUT2D eigenvalue weighted by Crippen LogP contribution is 2.20. The number of benzene rings is 1. The first kappa shape index (κ1) is 18.1. The van der Waals surface area contributed by atoms with Crippen LogP contribution in [0.5, 0.6) is 0 Å². The summed E-state index contributed by atoms with van der Waals surface area (Å²) in [4.78, 5) is 13.8. The molecule has 1 atom stereocenters. The molecule has 1 aliphatic rings. The summed E-state index contributed by atoms with van der Waals surface area (Å²) < 4.78 is 43.1. The molecule has 1 aromatic heterocycles. The third-order valence-corrected chi connectivity index (χ3v) is 3.88. The molecule has 11 heteroatoms. The van der Waals surface area contributed by atoms with Crippen LogP contribution >= 0.6 is 0 Å². The van der Waals surface area contributed by atoms with Gasteiger partial charge in [0.1, 0.15) is 12.9 Å². The Morgan fingerprint density at radius 2 is 2.08 bits per heavy atom. The quantitative estimate of drug-likeness (QED) is 0.892. The number of carbonyl (C=O) groups excluding carboxylic acids is 1. The van der Waals surface area contributed by atoms with Crippen molar-refractivity contribution >= 4 is 11.7 Å². The normalized spacial score (nSPS) is 18.0. The maximum Gasteiger partial charge on any atom is 0.411 e. The second-order valence-corrected chi connectivity index (χ2v) is 5.87. The average molecular weight is 370 g/mol. The summed E-state index contributed by atoms with van der Waals surface area (Å²) in [6, 6.07) is 6.47. The van der Waals surface area contributed by atoms with Gasteiger partial charge in [-0.2, -0.15) is 13.2 Å². The Kier molecular flexibility index (Phi) is 5.35. The van der Waals surface area contributed by atoms with E-state index in [1.807, 2.05) is 0 Å². The van der Waals surface area contributed by atoms with Crippen molar-refractivity contribution in [2.24, 2.45) is 0 Å². The number of nitrogens with one attached hydrogen (secondary N) is 1. The molecule has 2 heterocycles. The van der Waals surface area contributed by atoms with Gasteiger partial charge in [0.25, 0.3) is 0 Å². The Labute approximate surface area is 146 Å². The van der Waals surface area contributed by atoms with Crippen LogP contribution < -0.4 is 5.32 Å². The van der Waals surface area contributed by atoms with Gasteiger partial charge in [-0.15, -0.1) is 5.10 Å². The minimum absolute atomic E-state index is 0.130. The molecule has 1 saturated heterocycles. The van der Waals surface area contributed by atoms with Crippen LogP contribution in [0.4, 0.5) is 23.7 Å². The summed E-state index contributed by atoms with van der Waals surface area (Å²) in [6.45, 7) is -0.698. The number of piperidine rings is 1. The van der Waals surface area contributed by atoms with Crippen LogP contribution in [0, 0.1) is 0 Å². The number of hydrogen-bond acceptors (Lipinski definition) is 5. The molecule has 1 fully saturated rings. The number of alkyl halides is 3. The molecule has 0 saturated carbocycles. The maximum atomic E-state index is 12.3. The van der Waals surface area contributed by atoms with Crippen molar-refractivity contribution in [3.8, 4) is 5.69 Å². The van der Waals surface area contributed by atoms with E-state index in [9.17, 15) is 18.0 Å². The SMILES string of the molecule is O=C(Nc1ccc(-n2cnnn2)cc1)N1CCCC(OCC(F)(F)F)C1. The Morgan fingerprint density at radius 1 is 1.31 bits per heavy atom. The summed E-state index contributed by atoms with van der Waals surface area (Å²) in [5, 5.41) is 13.6. The molecule has 0 aliphatic carbocycles. The van der Waals surface area contributed by atoms with E-state index in [0.29, 0.717) is 25.1 Å². The predicted molar refractivity (Wildman–Crippen MR) is 84.8 cm³/mol. The van der Waals surface area contributed by atoms with Gasteiger partial charge in [0.05, 0.1) is 11.8 Å². The lowest BCUT2D eigenvalue weighted by Gasteiger charge is -2.32. The number of hydrogen-bond donors (Lipinski definition) is 1. The number of likely N-dealkylation sites (tertiary alicyclic amines) is 1. The van der Waals surface area contributed by atoms with Gasteiger partial charge in [0.15, 0.2) is 0 Å². The van der Waals surface area contributed by atoms with E-state index >= 15 is 0 Å². The van der Waals surface area contributed by atoms with E-state index in [1.54, 1.807) is 24.3 Å². The third kappa shape index (κ3) is 4.91. The van der Waals surface area contributed by atoms with Gasteiger partial charge in [-0.25, -0.2) is 9.48 Å². The van der Waals surface area contributed by atoms with Crippen LogP contribution in [0.2, 0.25) is 0 Å². The molecule has 2 aromatic rings.